The van der Waals surface area contributed by atoms with Crippen LogP contribution in [0.5, 0.6) is 0 Å². The fraction of sp³-hybridized carbons (Fsp3) is 0.600. The second-order valence-electron chi connectivity index (χ2n) is 3.93. The van der Waals surface area contributed by atoms with Gasteiger partial charge >= 0.3 is 12.1 Å². The quantitative estimate of drug-likeness (QED) is 0.921. The zero-order chi connectivity index (χ0) is 14.1. The number of alkyl halides is 3. The number of carboxylic acids is 1. The average Bonchev–Trinajstić information content (AvgIpc) is 2.62. The SMILES string of the molecule is COC(c1nc(C(F)(F)F)c(C(=O)O)s1)C(C)C. The summed E-state index contributed by atoms with van der Waals surface area (Å²) >= 11 is 0.500. The van der Waals surface area contributed by atoms with Crippen molar-refractivity contribution in [1.29, 1.82) is 0 Å². The first-order valence-electron chi connectivity index (χ1n) is 5.02. The van der Waals surface area contributed by atoms with Gasteiger partial charge in [-0.3, -0.25) is 0 Å². The van der Waals surface area contributed by atoms with Crippen LogP contribution in [0, 0.1) is 5.92 Å². The van der Waals surface area contributed by atoms with Crippen LogP contribution in [-0.4, -0.2) is 23.2 Å². The summed E-state index contributed by atoms with van der Waals surface area (Å²) in [5, 5.41) is 8.79. The molecule has 0 aliphatic heterocycles. The van der Waals surface area contributed by atoms with E-state index in [2.05, 4.69) is 4.98 Å². The van der Waals surface area contributed by atoms with Gasteiger partial charge in [-0.1, -0.05) is 13.8 Å². The molecule has 4 nitrogen and oxygen atoms in total. The summed E-state index contributed by atoms with van der Waals surface area (Å²) in [6.45, 7) is 3.51. The molecule has 0 saturated carbocycles. The highest BCUT2D eigenvalue weighted by molar-refractivity contribution is 7.13. The average molecular weight is 283 g/mol. The largest absolute Gasteiger partial charge is 0.477 e. The van der Waals surface area contributed by atoms with Crippen molar-refractivity contribution in [3.05, 3.63) is 15.6 Å². The van der Waals surface area contributed by atoms with Crippen LogP contribution >= 0.6 is 11.3 Å². The fourth-order valence-corrected chi connectivity index (χ4v) is 2.63. The van der Waals surface area contributed by atoms with Gasteiger partial charge in [-0.2, -0.15) is 13.2 Å². The number of thiazole rings is 1. The molecule has 0 amide bonds. The topological polar surface area (TPSA) is 59.4 Å². The summed E-state index contributed by atoms with van der Waals surface area (Å²) in [6.07, 6.45) is -5.43. The van der Waals surface area contributed by atoms with Gasteiger partial charge in [-0.25, -0.2) is 9.78 Å². The lowest BCUT2D eigenvalue weighted by molar-refractivity contribution is -0.141. The Bertz CT molecular complexity index is 442. The molecule has 0 fully saturated rings. The van der Waals surface area contributed by atoms with E-state index in [0.29, 0.717) is 11.3 Å². The Kier molecular flexibility index (Phi) is 4.33. The fourth-order valence-electron chi connectivity index (χ4n) is 1.45. The number of aromatic carboxylic acids is 1. The molecule has 102 valence electrons. The number of halogens is 3. The van der Waals surface area contributed by atoms with E-state index in [1.807, 2.05) is 0 Å². The normalized spacial score (nSPS) is 13.9. The number of aromatic nitrogens is 1. The Morgan fingerprint density at radius 2 is 2.00 bits per heavy atom. The number of ether oxygens (including phenoxy) is 1. The number of rotatable bonds is 4. The molecule has 0 saturated heterocycles. The van der Waals surface area contributed by atoms with E-state index in [1.165, 1.54) is 7.11 Å². The minimum absolute atomic E-state index is 0.0252. The Balaban J connectivity index is 3.30. The molecule has 1 rings (SSSR count). The van der Waals surface area contributed by atoms with Crippen molar-refractivity contribution in [3.8, 4) is 0 Å². The zero-order valence-corrected chi connectivity index (χ0v) is 10.7. The first-order chi connectivity index (χ1) is 8.18. The highest BCUT2D eigenvalue weighted by Gasteiger charge is 2.40. The minimum atomic E-state index is -4.78. The molecule has 1 atom stereocenters. The van der Waals surface area contributed by atoms with Crippen LogP contribution in [0.2, 0.25) is 0 Å². The Morgan fingerprint density at radius 1 is 1.44 bits per heavy atom. The van der Waals surface area contributed by atoms with Gasteiger partial charge in [0.2, 0.25) is 0 Å². The molecular weight excluding hydrogens is 271 g/mol. The summed E-state index contributed by atoms with van der Waals surface area (Å²) < 4.78 is 42.9. The maximum Gasteiger partial charge on any atom is 0.435 e. The number of hydrogen-bond donors (Lipinski definition) is 1. The molecule has 0 radical (unpaired) electrons. The molecule has 0 aromatic carbocycles. The van der Waals surface area contributed by atoms with Crippen molar-refractivity contribution in [1.82, 2.24) is 4.98 Å². The molecule has 1 aromatic rings. The van der Waals surface area contributed by atoms with Gasteiger partial charge in [0.25, 0.3) is 0 Å². The van der Waals surface area contributed by atoms with Crippen molar-refractivity contribution in [2.24, 2.45) is 5.92 Å². The maximum atomic E-state index is 12.6. The van der Waals surface area contributed by atoms with E-state index >= 15 is 0 Å². The van der Waals surface area contributed by atoms with Crippen molar-refractivity contribution >= 4 is 17.3 Å². The van der Waals surface area contributed by atoms with E-state index < -0.39 is 28.8 Å². The zero-order valence-electron chi connectivity index (χ0n) is 9.91. The molecule has 0 aliphatic rings. The predicted molar refractivity (Wildman–Crippen MR) is 58.7 cm³/mol. The summed E-state index contributed by atoms with van der Waals surface area (Å²) in [7, 11) is 1.35. The lowest BCUT2D eigenvalue weighted by atomic mass is 10.1. The van der Waals surface area contributed by atoms with E-state index in [1.54, 1.807) is 13.8 Å². The number of carboxylic acid groups (broad SMARTS) is 1. The monoisotopic (exact) mass is 283 g/mol. The Morgan fingerprint density at radius 3 is 2.28 bits per heavy atom. The van der Waals surface area contributed by atoms with Crippen LogP contribution in [0.25, 0.3) is 0 Å². The van der Waals surface area contributed by atoms with Gasteiger partial charge in [0, 0.05) is 7.11 Å². The van der Waals surface area contributed by atoms with Gasteiger partial charge in [-0.15, -0.1) is 11.3 Å². The maximum absolute atomic E-state index is 12.6. The molecule has 1 heterocycles. The number of methoxy groups -OCH3 is 1. The minimum Gasteiger partial charge on any atom is -0.477 e. The van der Waals surface area contributed by atoms with Crippen LogP contribution in [0.15, 0.2) is 0 Å². The molecule has 1 N–H and O–H groups in total. The second-order valence-corrected chi connectivity index (χ2v) is 4.96. The Hall–Kier alpha value is -1.15. The standard InChI is InChI=1S/C10H12F3NO3S/c1-4(2)5(17-3)8-14-7(10(11,12)13)6(18-8)9(15)16/h4-5H,1-3H3,(H,15,16). The number of nitrogens with zero attached hydrogens (tertiary/aromatic N) is 1. The summed E-state index contributed by atoms with van der Waals surface area (Å²) in [6, 6.07) is 0. The third-order valence-corrected chi connectivity index (χ3v) is 3.31. The van der Waals surface area contributed by atoms with Crippen LogP contribution < -0.4 is 0 Å². The third kappa shape index (κ3) is 2.99. The van der Waals surface area contributed by atoms with Crippen molar-refractivity contribution < 1.29 is 27.8 Å². The summed E-state index contributed by atoms with van der Waals surface area (Å²) in [5.41, 5.74) is -1.36. The van der Waals surface area contributed by atoms with Crippen LogP contribution in [0.4, 0.5) is 13.2 Å². The second kappa shape index (κ2) is 5.23. The van der Waals surface area contributed by atoms with Gasteiger partial charge in [0.1, 0.15) is 16.0 Å². The van der Waals surface area contributed by atoms with E-state index in [-0.39, 0.29) is 10.9 Å². The Labute approximate surface area is 105 Å². The van der Waals surface area contributed by atoms with Crippen molar-refractivity contribution in [2.75, 3.05) is 7.11 Å². The summed E-state index contributed by atoms with van der Waals surface area (Å²) in [5.74, 6) is -1.74. The van der Waals surface area contributed by atoms with Gasteiger partial charge < -0.3 is 9.84 Å². The summed E-state index contributed by atoms with van der Waals surface area (Å²) in [4.78, 5) is 13.4. The van der Waals surface area contributed by atoms with E-state index in [9.17, 15) is 18.0 Å². The van der Waals surface area contributed by atoms with Gasteiger partial charge in [0.05, 0.1) is 0 Å². The number of carbonyl (C=O) groups is 1. The lowest BCUT2D eigenvalue weighted by Crippen LogP contribution is -2.12. The highest BCUT2D eigenvalue weighted by atomic mass is 32.1. The highest BCUT2D eigenvalue weighted by Crippen LogP contribution is 2.38. The van der Waals surface area contributed by atoms with Gasteiger partial charge in [-0.05, 0) is 5.92 Å². The first-order valence-corrected chi connectivity index (χ1v) is 5.84. The molecule has 0 bridgehead atoms. The first kappa shape index (κ1) is 14.9. The van der Waals surface area contributed by atoms with Crippen LogP contribution in [0.3, 0.4) is 0 Å². The molecule has 8 heteroatoms. The smallest absolute Gasteiger partial charge is 0.435 e. The van der Waals surface area contributed by atoms with Crippen molar-refractivity contribution in [3.63, 3.8) is 0 Å². The van der Waals surface area contributed by atoms with E-state index in [4.69, 9.17) is 9.84 Å². The molecule has 0 spiro atoms. The molecular formula is C10H12F3NO3S. The molecule has 0 aliphatic carbocycles. The van der Waals surface area contributed by atoms with Gasteiger partial charge in [0.15, 0.2) is 5.69 Å². The number of hydrogen-bond acceptors (Lipinski definition) is 4. The molecule has 18 heavy (non-hydrogen) atoms. The van der Waals surface area contributed by atoms with Crippen molar-refractivity contribution in [2.45, 2.75) is 26.1 Å². The lowest BCUT2D eigenvalue weighted by Gasteiger charge is -2.16. The third-order valence-electron chi connectivity index (χ3n) is 2.21. The molecule has 1 aromatic heterocycles. The van der Waals surface area contributed by atoms with E-state index in [0.717, 1.165) is 0 Å². The van der Waals surface area contributed by atoms with Crippen LogP contribution in [-0.2, 0) is 10.9 Å². The molecule has 1 unspecified atom stereocenters. The van der Waals surface area contributed by atoms with Crippen LogP contribution in [0.1, 0.15) is 40.3 Å². The predicted octanol–water partition coefficient (Wildman–Crippen LogP) is 3.20.